The van der Waals surface area contributed by atoms with Crippen LogP contribution >= 0.6 is 15.9 Å². The summed E-state index contributed by atoms with van der Waals surface area (Å²) in [5.74, 6) is 0. The zero-order chi connectivity index (χ0) is 16.2. The van der Waals surface area contributed by atoms with Crippen molar-refractivity contribution in [2.24, 2.45) is 0 Å². The van der Waals surface area contributed by atoms with Crippen LogP contribution in [0.1, 0.15) is 16.7 Å². The highest BCUT2D eigenvalue weighted by atomic mass is 79.9. The summed E-state index contributed by atoms with van der Waals surface area (Å²) < 4.78 is 2.59. The number of rotatable bonds is 4. The maximum atomic E-state index is 9.07. The Balaban J connectivity index is 1.98. The van der Waals surface area contributed by atoms with Gasteiger partial charge >= 0.3 is 0 Å². The van der Waals surface area contributed by atoms with Gasteiger partial charge in [0.25, 0.3) is 0 Å². The normalized spacial score (nSPS) is 10.3. The smallest absolute Gasteiger partial charge is 0.139 e. The van der Waals surface area contributed by atoms with Crippen LogP contribution in [0, 0.1) is 18.3 Å². The van der Waals surface area contributed by atoms with Gasteiger partial charge in [0, 0.05) is 4.47 Å². The Hall–Kier alpha value is -2.65. The molecule has 0 saturated carbocycles. The number of nitrogens with zero attached hydrogens (tertiary/aromatic N) is 5. The highest BCUT2D eigenvalue weighted by molar-refractivity contribution is 9.10. The molecule has 0 amide bonds. The van der Waals surface area contributed by atoms with Gasteiger partial charge in [0.05, 0.1) is 17.8 Å². The van der Waals surface area contributed by atoms with Gasteiger partial charge in [-0.3, -0.25) is 5.01 Å². The predicted octanol–water partition coefficient (Wildman–Crippen LogP) is 3.69. The van der Waals surface area contributed by atoms with Gasteiger partial charge in [-0.1, -0.05) is 29.8 Å². The minimum absolute atomic E-state index is 0.604. The second-order valence-corrected chi connectivity index (χ2v) is 6.02. The molecule has 0 aliphatic heterocycles. The van der Waals surface area contributed by atoms with Crippen molar-refractivity contribution in [2.75, 3.05) is 5.01 Å². The quantitative estimate of drug-likeness (QED) is 0.705. The van der Waals surface area contributed by atoms with Gasteiger partial charge in [-0.15, -0.1) is 10.2 Å². The molecule has 2 aromatic carbocycles. The molecule has 0 spiro atoms. The molecule has 0 aliphatic carbocycles. The number of nitriles is 1. The molecule has 3 aromatic rings. The molecule has 1 aromatic heterocycles. The molecule has 6 heteroatoms. The van der Waals surface area contributed by atoms with E-state index in [4.69, 9.17) is 5.26 Å². The number of anilines is 1. The third-order valence-corrected chi connectivity index (χ3v) is 4.17. The molecule has 0 fully saturated rings. The van der Waals surface area contributed by atoms with Crippen LogP contribution in [0.15, 0.2) is 59.6 Å². The van der Waals surface area contributed by atoms with Crippen LogP contribution < -0.4 is 5.01 Å². The number of halogens is 1. The summed E-state index contributed by atoms with van der Waals surface area (Å²) in [4.78, 5) is 0. The van der Waals surface area contributed by atoms with Crippen molar-refractivity contribution in [1.82, 2.24) is 14.9 Å². The first kappa shape index (κ1) is 15.3. The van der Waals surface area contributed by atoms with Crippen molar-refractivity contribution in [3.8, 4) is 6.07 Å². The largest absolute Gasteiger partial charge is 0.274 e. The molecule has 0 atom stereocenters. The first-order valence-electron chi connectivity index (χ1n) is 7.05. The second kappa shape index (κ2) is 6.63. The third kappa shape index (κ3) is 3.41. The molecule has 3 rings (SSSR count). The van der Waals surface area contributed by atoms with Gasteiger partial charge in [-0.2, -0.15) is 5.26 Å². The van der Waals surface area contributed by atoms with E-state index in [9.17, 15) is 0 Å². The molecule has 0 aliphatic rings. The topological polar surface area (TPSA) is 57.7 Å². The fraction of sp³-hybridized carbons (Fsp3) is 0.118. The van der Waals surface area contributed by atoms with E-state index in [0.717, 1.165) is 10.2 Å². The fourth-order valence-corrected chi connectivity index (χ4v) is 2.70. The van der Waals surface area contributed by atoms with E-state index in [-0.39, 0.29) is 0 Å². The van der Waals surface area contributed by atoms with Crippen molar-refractivity contribution in [2.45, 2.75) is 13.5 Å². The Morgan fingerprint density at radius 2 is 1.83 bits per heavy atom. The standard InChI is InChI=1S/C17H14BrN5/c1-13-2-4-14(5-3-13)10-23(22-11-20-21-12-22)16-7-6-15(9-19)17(18)8-16/h2-8,11-12H,10H2,1H3. The van der Waals surface area contributed by atoms with Crippen LogP contribution in [-0.4, -0.2) is 14.9 Å². The summed E-state index contributed by atoms with van der Waals surface area (Å²) in [6.07, 6.45) is 3.31. The second-order valence-electron chi connectivity index (χ2n) is 5.16. The van der Waals surface area contributed by atoms with Crippen LogP contribution in [0.5, 0.6) is 0 Å². The Labute approximate surface area is 142 Å². The SMILES string of the molecule is Cc1ccc(CN(c2ccc(C#N)c(Br)c2)n2cnnc2)cc1. The van der Waals surface area contributed by atoms with E-state index in [1.807, 2.05) is 21.8 Å². The summed E-state index contributed by atoms with van der Waals surface area (Å²) in [5, 5.41) is 18.9. The average molecular weight is 368 g/mol. The summed E-state index contributed by atoms with van der Waals surface area (Å²) >= 11 is 3.44. The Morgan fingerprint density at radius 1 is 1.13 bits per heavy atom. The van der Waals surface area contributed by atoms with Crippen LogP contribution in [-0.2, 0) is 6.54 Å². The molecule has 0 N–H and O–H groups in total. The van der Waals surface area contributed by atoms with Gasteiger partial charge in [-0.05, 0) is 46.6 Å². The van der Waals surface area contributed by atoms with Gasteiger partial charge in [0.2, 0.25) is 0 Å². The van der Waals surface area contributed by atoms with Gasteiger partial charge < -0.3 is 0 Å². The van der Waals surface area contributed by atoms with E-state index < -0.39 is 0 Å². The van der Waals surface area contributed by atoms with E-state index in [1.54, 1.807) is 18.7 Å². The molecular weight excluding hydrogens is 354 g/mol. The average Bonchev–Trinajstić information content (AvgIpc) is 3.08. The summed E-state index contributed by atoms with van der Waals surface area (Å²) in [6, 6.07) is 16.2. The zero-order valence-electron chi connectivity index (χ0n) is 12.5. The molecule has 5 nitrogen and oxygen atoms in total. The van der Waals surface area contributed by atoms with Crippen molar-refractivity contribution in [1.29, 1.82) is 5.26 Å². The minimum atomic E-state index is 0.604. The monoisotopic (exact) mass is 367 g/mol. The van der Waals surface area contributed by atoms with Crippen LogP contribution in [0.3, 0.4) is 0 Å². The lowest BCUT2D eigenvalue weighted by Gasteiger charge is -2.25. The van der Waals surface area contributed by atoms with Crippen molar-refractivity contribution < 1.29 is 0 Å². The minimum Gasteiger partial charge on any atom is -0.274 e. The zero-order valence-corrected chi connectivity index (χ0v) is 14.1. The number of hydrogen-bond acceptors (Lipinski definition) is 4. The van der Waals surface area contributed by atoms with E-state index >= 15 is 0 Å². The molecule has 0 bridgehead atoms. The van der Waals surface area contributed by atoms with Crippen molar-refractivity contribution in [3.63, 3.8) is 0 Å². The highest BCUT2D eigenvalue weighted by Gasteiger charge is 2.12. The number of hydrogen-bond donors (Lipinski definition) is 0. The van der Waals surface area contributed by atoms with E-state index in [0.29, 0.717) is 12.1 Å². The first-order chi connectivity index (χ1) is 11.2. The Morgan fingerprint density at radius 3 is 2.43 bits per heavy atom. The van der Waals surface area contributed by atoms with Crippen LogP contribution in [0.25, 0.3) is 0 Å². The van der Waals surface area contributed by atoms with Crippen LogP contribution in [0.4, 0.5) is 5.69 Å². The summed E-state index contributed by atoms with van der Waals surface area (Å²) in [5.41, 5.74) is 3.94. The van der Waals surface area contributed by atoms with Crippen LogP contribution in [0.2, 0.25) is 0 Å². The summed E-state index contributed by atoms with van der Waals surface area (Å²) in [6.45, 7) is 2.73. The molecule has 0 saturated heterocycles. The molecular formula is C17H14BrN5. The highest BCUT2D eigenvalue weighted by Crippen LogP contribution is 2.25. The lowest BCUT2D eigenvalue weighted by Crippen LogP contribution is -2.27. The Kier molecular flexibility index (Phi) is 4.40. The maximum Gasteiger partial charge on any atom is 0.139 e. The van der Waals surface area contributed by atoms with Crippen molar-refractivity contribution in [3.05, 3.63) is 76.3 Å². The number of aryl methyl sites for hydroxylation is 1. The van der Waals surface area contributed by atoms with Gasteiger partial charge in [-0.25, -0.2) is 4.68 Å². The first-order valence-corrected chi connectivity index (χ1v) is 7.84. The predicted molar refractivity (Wildman–Crippen MR) is 91.6 cm³/mol. The van der Waals surface area contributed by atoms with E-state index in [2.05, 4.69) is 63.4 Å². The number of aromatic nitrogens is 3. The lowest BCUT2D eigenvalue weighted by molar-refractivity contribution is 0.685. The third-order valence-electron chi connectivity index (χ3n) is 3.51. The lowest BCUT2D eigenvalue weighted by atomic mass is 10.1. The fourth-order valence-electron chi connectivity index (χ4n) is 2.25. The van der Waals surface area contributed by atoms with Crippen molar-refractivity contribution >= 4 is 21.6 Å². The molecule has 114 valence electrons. The molecule has 0 radical (unpaired) electrons. The molecule has 23 heavy (non-hydrogen) atoms. The number of benzene rings is 2. The van der Waals surface area contributed by atoms with Gasteiger partial charge in [0.1, 0.15) is 18.7 Å². The maximum absolute atomic E-state index is 9.07. The molecule has 0 unspecified atom stereocenters. The summed E-state index contributed by atoms with van der Waals surface area (Å²) in [7, 11) is 0. The molecule has 1 heterocycles. The van der Waals surface area contributed by atoms with Gasteiger partial charge in [0.15, 0.2) is 0 Å². The Bertz CT molecular complexity index is 834. The van der Waals surface area contributed by atoms with E-state index in [1.165, 1.54) is 11.1 Å².